The van der Waals surface area contributed by atoms with Crippen LogP contribution in [0.4, 0.5) is 0 Å². The summed E-state index contributed by atoms with van der Waals surface area (Å²) in [7, 11) is 0. The van der Waals surface area contributed by atoms with E-state index in [1.54, 1.807) is 0 Å². The van der Waals surface area contributed by atoms with Gasteiger partial charge in [-0.25, -0.2) is 0 Å². The van der Waals surface area contributed by atoms with E-state index in [2.05, 4.69) is 24.0 Å². The molecule has 0 amide bonds. The maximum atomic E-state index is 5.88. The van der Waals surface area contributed by atoms with E-state index in [9.17, 15) is 0 Å². The Bertz CT molecular complexity index is 310. The van der Waals surface area contributed by atoms with Gasteiger partial charge in [0.1, 0.15) is 0 Å². The summed E-state index contributed by atoms with van der Waals surface area (Å²) in [5.41, 5.74) is 5.88. The third kappa shape index (κ3) is 1.80. The zero-order chi connectivity index (χ0) is 10.1. The molecular weight excluding hydrogens is 178 g/mol. The first-order chi connectivity index (χ1) is 6.72. The first kappa shape index (κ1) is 9.65. The fraction of sp³-hybridized carbons (Fsp3) is 0.800. The van der Waals surface area contributed by atoms with Gasteiger partial charge in [-0.2, -0.15) is 4.98 Å². The lowest BCUT2D eigenvalue weighted by Gasteiger charge is -2.01. The van der Waals surface area contributed by atoms with Crippen molar-refractivity contribution >= 4 is 0 Å². The smallest absolute Gasteiger partial charge is 0.243 e. The van der Waals surface area contributed by atoms with E-state index in [0.29, 0.717) is 17.7 Å². The molecule has 0 aliphatic heterocycles. The standard InChI is InChI=1S/C10H17N3O/c1-3-4-8(11)10-12-9(13-14-10)7-5-6(7)2/h6-8H,3-5,11H2,1-2H3/t6?,7?,8-/m1/s1. The molecule has 1 aromatic rings. The molecule has 4 heteroatoms. The summed E-state index contributed by atoms with van der Waals surface area (Å²) >= 11 is 0. The zero-order valence-electron chi connectivity index (χ0n) is 8.73. The summed E-state index contributed by atoms with van der Waals surface area (Å²) < 4.78 is 5.14. The van der Waals surface area contributed by atoms with Crippen molar-refractivity contribution in [3.63, 3.8) is 0 Å². The number of hydrogen-bond acceptors (Lipinski definition) is 4. The second kappa shape index (κ2) is 3.69. The lowest BCUT2D eigenvalue weighted by Crippen LogP contribution is -2.10. The molecular formula is C10H17N3O. The van der Waals surface area contributed by atoms with E-state index >= 15 is 0 Å². The van der Waals surface area contributed by atoms with Gasteiger partial charge in [0.2, 0.25) is 5.89 Å². The Hall–Kier alpha value is -0.900. The van der Waals surface area contributed by atoms with Gasteiger partial charge in [-0.15, -0.1) is 0 Å². The minimum absolute atomic E-state index is 0.0877. The highest BCUT2D eigenvalue weighted by atomic mass is 16.5. The van der Waals surface area contributed by atoms with Crippen LogP contribution < -0.4 is 5.73 Å². The lowest BCUT2D eigenvalue weighted by atomic mass is 10.2. The molecule has 2 unspecified atom stereocenters. The van der Waals surface area contributed by atoms with Gasteiger partial charge in [-0.05, 0) is 18.8 Å². The van der Waals surface area contributed by atoms with E-state index in [-0.39, 0.29) is 6.04 Å². The predicted octanol–water partition coefficient (Wildman–Crippen LogP) is 1.99. The maximum absolute atomic E-state index is 5.88. The van der Waals surface area contributed by atoms with Gasteiger partial charge in [0.15, 0.2) is 5.82 Å². The Morgan fingerprint density at radius 2 is 2.36 bits per heavy atom. The minimum atomic E-state index is -0.0877. The molecule has 1 aliphatic rings. The van der Waals surface area contributed by atoms with Crippen LogP contribution in [0, 0.1) is 5.92 Å². The molecule has 0 saturated heterocycles. The third-order valence-electron chi connectivity index (χ3n) is 2.82. The van der Waals surface area contributed by atoms with Gasteiger partial charge < -0.3 is 10.3 Å². The van der Waals surface area contributed by atoms with Crippen molar-refractivity contribution in [1.82, 2.24) is 10.1 Å². The van der Waals surface area contributed by atoms with Gasteiger partial charge >= 0.3 is 0 Å². The summed E-state index contributed by atoms with van der Waals surface area (Å²) in [6.07, 6.45) is 3.13. The minimum Gasteiger partial charge on any atom is -0.338 e. The molecule has 1 aliphatic carbocycles. The van der Waals surface area contributed by atoms with Crippen LogP contribution in [0.1, 0.15) is 56.8 Å². The highest BCUT2D eigenvalue weighted by Crippen LogP contribution is 2.45. The Morgan fingerprint density at radius 3 is 2.93 bits per heavy atom. The van der Waals surface area contributed by atoms with Crippen LogP contribution in [0.3, 0.4) is 0 Å². The van der Waals surface area contributed by atoms with Gasteiger partial charge in [0.25, 0.3) is 0 Å². The maximum Gasteiger partial charge on any atom is 0.243 e. The van der Waals surface area contributed by atoms with E-state index in [1.165, 1.54) is 6.42 Å². The monoisotopic (exact) mass is 195 g/mol. The number of hydrogen-bond donors (Lipinski definition) is 1. The average molecular weight is 195 g/mol. The number of aromatic nitrogens is 2. The highest BCUT2D eigenvalue weighted by molar-refractivity contribution is 5.08. The van der Waals surface area contributed by atoms with Crippen molar-refractivity contribution < 1.29 is 4.52 Å². The Labute approximate surface area is 83.9 Å². The second-order valence-electron chi connectivity index (χ2n) is 4.21. The Kier molecular flexibility index (Phi) is 2.54. The van der Waals surface area contributed by atoms with Crippen LogP contribution in [0.2, 0.25) is 0 Å². The van der Waals surface area contributed by atoms with E-state index in [0.717, 1.165) is 18.7 Å². The van der Waals surface area contributed by atoms with E-state index in [1.807, 2.05) is 0 Å². The summed E-state index contributed by atoms with van der Waals surface area (Å²) in [5.74, 6) is 2.67. The number of rotatable bonds is 4. The second-order valence-corrected chi connectivity index (χ2v) is 4.21. The van der Waals surface area contributed by atoms with Crippen molar-refractivity contribution in [2.75, 3.05) is 0 Å². The van der Waals surface area contributed by atoms with Crippen LogP contribution in [0.25, 0.3) is 0 Å². The molecule has 3 atom stereocenters. The van der Waals surface area contributed by atoms with Gasteiger partial charge in [-0.1, -0.05) is 25.4 Å². The predicted molar refractivity (Wildman–Crippen MR) is 52.7 cm³/mol. The molecule has 78 valence electrons. The number of nitrogens with zero attached hydrogens (tertiary/aromatic N) is 2. The zero-order valence-corrected chi connectivity index (χ0v) is 8.73. The molecule has 0 aromatic carbocycles. The van der Waals surface area contributed by atoms with Crippen molar-refractivity contribution in [2.24, 2.45) is 11.7 Å². The quantitative estimate of drug-likeness (QED) is 0.798. The summed E-state index contributed by atoms with van der Waals surface area (Å²) in [5, 5.41) is 3.97. The fourth-order valence-electron chi connectivity index (χ4n) is 1.66. The van der Waals surface area contributed by atoms with Crippen molar-refractivity contribution in [3.05, 3.63) is 11.7 Å². The lowest BCUT2D eigenvalue weighted by molar-refractivity contribution is 0.344. The summed E-state index contributed by atoms with van der Waals surface area (Å²) in [4.78, 5) is 4.34. The molecule has 1 aromatic heterocycles. The normalized spacial score (nSPS) is 27.6. The SMILES string of the molecule is CCC[C@@H](N)c1nc(C2CC2C)no1. The molecule has 1 saturated carbocycles. The van der Waals surface area contributed by atoms with Crippen LogP contribution >= 0.6 is 0 Å². The molecule has 2 rings (SSSR count). The largest absolute Gasteiger partial charge is 0.338 e. The highest BCUT2D eigenvalue weighted by Gasteiger charge is 2.38. The van der Waals surface area contributed by atoms with Crippen molar-refractivity contribution in [1.29, 1.82) is 0 Å². The van der Waals surface area contributed by atoms with E-state index in [4.69, 9.17) is 10.3 Å². The van der Waals surface area contributed by atoms with Gasteiger partial charge in [0.05, 0.1) is 6.04 Å². The molecule has 2 N–H and O–H groups in total. The molecule has 1 fully saturated rings. The fourth-order valence-corrected chi connectivity index (χ4v) is 1.66. The Balaban J connectivity index is 2.02. The van der Waals surface area contributed by atoms with Gasteiger partial charge in [-0.3, -0.25) is 0 Å². The topological polar surface area (TPSA) is 64.9 Å². The average Bonchev–Trinajstić information content (AvgIpc) is 2.70. The van der Waals surface area contributed by atoms with Crippen LogP contribution in [-0.2, 0) is 0 Å². The molecule has 1 heterocycles. The molecule has 0 bridgehead atoms. The van der Waals surface area contributed by atoms with E-state index < -0.39 is 0 Å². The summed E-state index contributed by atoms with van der Waals surface area (Å²) in [6.45, 7) is 4.30. The molecule has 14 heavy (non-hydrogen) atoms. The molecule has 0 radical (unpaired) electrons. The van der Waals surface area contributed by atoms with Crippen molar-refractivity contribution in [2.45, 2.75) is 45.1 Å². The number of nitrogens with two attached hydrogens (primary N) is 1. The van der Waals surface area contributed by atoms with Crippen LogP contribution in [-0.4, -0.2) is 10.1 Å². The summed E-state index contributed by atoms with van der Waals surface area (Å²) in [6, 6.07) is -0.0877. The molecule has 0 spiro atoms. The van der Waals surface area contributed by atoms with Crippen molar-refractivity contribution in [3.8, 4) is 0 Å². The third-order valence-corrected chi connectivity index (χ3v) is 2.82. The van der Waals surface area contributed by atoms with Crippen LogP contribution in [0.15, 0.2) is 4.52 Å². The first-order valence-corrected chi connectivity index (χ1v) is 5.31. The van der Waals surface area contributed by atoms with Crippen LogP contribution in [0.5, 0.6) is 0 Å². The Morgan fingerprint density at radius 1 is 1.64 bits per heavy atom. The first-order valence-electron chi connectivity index (χ1n) is 5.31. The molecule has 4 nitrogen and oxygen atoms in total. The van der Waals surface area contributed by atoms with Gasteiger partial charge in [0, 0.05) is 5.92 Å².